The molecular weight excluding hydrogens is 480 g/mol. The third-order valence-electron chi connectivity index (χ3n) is 7.39. The van der Waals surface area contributed by atoms with Gasteiger partial charge in [-0.3, -0.25) is 9.79 Å². The van der Waals surface area contributed by atoms with Gasteiger partial charge in [-0.15, -0.1) is 10.2 Å². The normalized spacial score (nSPS) is 28.0. The van der Waals surface area contributed by atoms with E-state index in [9.17, 15) is 13.6 Å². The number of halogens is 2. The zero-order chi connectivity index (χ0) is 25.8. The van der Waals surface area contributed by atoms with Crippen LogP contribution in [0.25, 0.3) is 11.3 Å². The standard InChI is InChI=1S/C27H27F2N5O3/c1-16-6-7-18(31-24(35)17-4-3-5-22(26(2,28)29)30-9-8-17)12-19(16)20-13-21-25(33-32-20)37-15-27-14-23(27)36-11-10-34(21)27/h5-9,12-13,23H,3-4,10-11,14-15H2,1-2H3,(H,31,35)/b17-8+,22-5+,30-9+. The molecule has 1 aromatic heterocycles. The molecule has 1 aromatic carbocycles. The molecule has 1 N–H and O–H groups in total. The summed E-state index contributed by atoms with van der Waals surface area (Å²) in [7, 11) is 0. The van der Waals surface area contributed by atoms with Gasteiger partial charge in [-0.2, -0.15) is 8.78 Å². The average Bonchev–Trinajstić information content (AvgIpc) is 3.57. The van der Waals surface area contributed by atoms with Crippen LogP contribution >= 0.6 is 0 Å². The van der Waals surface area contributed by atoms with Crippen LogP contribution in [0.2, 0.25) is 0 Å². The lowest BCUT2D eigenvalue weighted by atomic mass is 10.0. The molecule has 37 heavy (non-hydrogen) atoms. The Morgan fingerprint density at radius 3 is 2.97 bits per heavy atom. The van der Waals surface area contributed by atoms with E-state index in [1.807, 2.05) is 31.2 Å². The van der Waals surface area contributed by atoms with E-state index in [4.69, 9.17) is 9.47 Å². The van der Waals surface area contributed by atoms with Crippen molar-refractivity contribution >= 4 is 23.5 Å². The van der Waals surface area contributed by atoms with Gasteiger partial charge in [0.1, 0.15) is 23.5 Å². The Bertz CT molecular complexity index is 1370. The summed E-state index contributed by atoms with van der Waals surface area (Å²) in [6.07, 6.45) is 5.89. The molecule has 2 atom stereocenters. The number of amides is 1. The minimum absolute atomic E-state index is 0.103. The van der Waals surface area contributed by atoms with Gasteiger partial charge in [0, 0.05) is 42.9 Å². The van der Waals surface area contributed by atoms with E-state index in [1.165, 1.54) is 18.4 Å². The van der Waals surface area contributed by atoms with E-state index in [-0.39, 0.29) is 23.2 Å². The maximum absolute atomic E-state index is 13.6. The topological polar surface area (TPSA) is 88.9 Å². The van der Waals surface area contributed by atoms with Gasteiger partial charge in [-0.05, 0) is 49.6 Å². The number of aliphatic imine (C=N–C) groups is 1. The van der Waals surface area contributed by atoms with E-state index < -0.39 is 5.92 Å². The van der Waals surface area contributed by atoms with Gasteiger partial charge in [0.05, 0.1) is 18.4 Å². The number of hydrogen-bond donors (Lipinski definition) is 1. The maximum atomic E-state index is 13.6. The first-order chi connectivity index (χ1) is 17.7. The molecular formula is C27H27F2N5O3. The summed E-state index contributed by atoms with van der Waals surface area (Å²) < 4.78 is 38.9. The van der Waals surface area contributed by atoms with E-state index >= 15 is 0 Å². The van der Waals surface area contributed by atoms with Crippen LogP contribution in [0.4, 0.5) is 20.2 Å². The Hall–Kier alpha value is -3.66. The molecule has 4 heterocycles. The van der Waals surface area contributed by atoms with Gasteiger partial charge in [-0.25, -0.2) is 0 Å². The first kappa shape index (κ1) is 23.7. The summed E-state index contributed by atoms with van der Waals surface area (Å²) in [5.41, 5.74) is 4.11. The van der Waals surface area contributed by atoms with E-state index in [1.54, 1.807) is 0 Å². The predicted molar refractivity (Wildman–Crippen MR) is 135 cm³/mol. The average molecular weight is 508 g/mol. The lowest BCUT2D eigenvalue weighted by molar-refractivity contribution is -0.113. The number of ether oxygens (including phenoxy) is 2. The number of rotatable bonds is 4. The Balaban J connectivity index is 1.23. The van der Waals surface area contributed by atoms with Crippen molar-refractivity contribution in [3.63, 3.8) is 0 Å². The number of carbonyl (C=O) groups is 1. The highest BCUT2D eigenvalue weighted by Gasteiger charge is 2.64. The molecule has 2 fully saturated rings. The number of nitrogens with zero attached hydrogens (tertiary/aromatic N) is 4. The van der Waals surface area contributed by atoms with Crippen molar-refractivity contribution in [2.75, 3.05) is 30.0 Å². The van der Waals surface area contributed by atoms with Crippen molar-refractivity contribution in [1.29, 1.82) is 0 Å². The van der Waals surface area contributed by atoms with Crippen molar-refractivity contribution in [1.82, 2.24) is 10.2 Å². The fourth-order valence-electron chi connectivity index (χ4n) is 5.23. The van der Waals surface area contributed by atoms with Crippen LogP contribution in [0, 0.1) is 6.92 Å². The molecule has 1 saturated carbocycles. The molecule has 3 aliphatic heterocycles. The quantitative estimate of drug-likeness (QED) is 0.658. The number of aromatic nitrogens is 2. The number of morpholine rings is 1. The number of nitrogens with one attached hydrogen (secondary N) is 1. The first-order valence-corrected chi connectivity index (χ1v) is 12.4. The number of hydrogen-bond acceptors (Lipinski definition) is 7. The van der Waals surface area contributed by atoms with E-state index in [0.29, 0.717) is 48.9 Å². The van der Waals surface area contributed by atoms with Crippen LogP contribution in [0.15, 0.2) is 52.7 Å². The maximum Gasteiger partial charge on any atom is 0.286 e. The summed E-state index contributed by atoms with van der Waals surface area (Å²) >= 11 is 0. The lowest BCUT2D eigenvalue weighted by Gasteiger charge is -2.41. The minimum atomic E-state index is -3.02. The second kappa shape index (κ2) is 8.72. The molecule has 192 valence electrons. The fourth-order valence-corrected chi connectivity index (χ4v) is 5.23. The predicted octanol–water partition coefficient (Wildman–Crippen LogP) is 4.46. The van der Waals surface area contributed by atoms with Crippen molar-refractivity contribution in [2.45, 2.75) is 50.7 Å². The van der Waals surface area contributed by atoms with Crippen LogP contribution in [0.3, 0.4) is 0 Å². The van der Waals surface area contributed by atoms with Gasteiger partial charge < -0.3 is 19.7 Å². The Labute approximate surface area is 213 Å². The third-order valence-corrected chi connectivity index (χ3v) is 7.39. The largest absolute Gasteiger partial charge is 0.473 e. The highest BCUT2D eigenvalue weighted by atomic mass is 19.3. The van der Waals surface area contributed by atoms with Crippen molar-refractivity contribution in [3.05, 3.63) is 53.3 Å². The van der Waals surface area contributed by atoms with Gasteiger partial charge in [0.2, 0.25) is 0 Å². The number of allylic oxidation sites excluding steroid dienone is 3. The highest BCUT2D eigenvalue weighted by Crippen LogP contribution is 2.53. The summed E-state index contributed by atoms with van der Waals surface area (Å²) in [5, 5.41) is 11.7. The number of benzene rings is 1. The first-order valence-electron chi connectivity index (χ1n) is 12.4. The smallest absolute Gasteiger partial charge is 0.286 e. The number of carbonyl (C=O) groups excluding carboxylic acids is 1. The zero-order valence-corrected chi connectivity index (χ0v) is 20.6. The molecule has 4 aliphatic rings. The second-order valence-corrected chi connectivity index (χ2v) is 10.00. The van der Waals surface area contributed by atoms with Crippen molar-refractivity contribution in [2.24, 2.45) is 4.99 Å². The van der Waals surface area contributed by atoms with Gasteiger partial charge in [-0.1, -0.05) is 12.1 Å². The molecule has 2 aromatic rings. The molecule has 0 radical (unpaired) electrons. The molecule has 2 unspecified atom stereocenters. The van der Waals surface area contributed by atoms with Crippen LogP contribution in [-0.2, 0) is 9.53 Å². The SMILES string of the molecule is Cc1ccc(NC(=O)/C2=C/C=N/C(C(C)(F)F)=C/CC2)cc1-c1cc2c(nn1)OCC13CC1OCCN23. The van der Waals surface area contributed by atoms with Crippen LogP contribution < -0.4 is 15.0 Å². The van der Waals surface area contributed by atoms with Crippen LogP contribution in [0.5, 0.6) is 5.88 Å². The van der Waals surface area contributed by atoms with Crippen molar-refractivity contribution in [3.8, 4) is 17.1 Å². The Kier molecular flexibility index (Phi) is 5.59. The second-order valence-electron chi connectivity index (χ2n) is 10.00. The lowest BCUT2D eigenvalue weighted by Crippen LogP contribution is -2.52. The van der Waals surface area contributed by atoms with E-state index in [2.05, 4.69) is 25.4 Å². The summed E-state index contributed by atoms with van der Waals surface area (Å²) in [4.78, 5) is 19.1. The molecule has 0 bridgehead atoms. The zero-order valence-electron chi connectivity index (χ0n) is 20.6. The van der Waals surface area contributed by atoms with E-state index in [0.717, 1.165) is 36.7 Å². The summed E-state index contributed by atoms with van der Waals surface area (Å²) in [6, 6.07) is 7.61. The molecule has 1 saturated heterocycles. The molecule has 8 nitrogen and oxygen atoms in total. The van der Waals surface area contributed by atoms with Gasteiger partial charge in [0.25, 0.3) is 17.7 Å². The summed E-state index contributed by atoms with van der Waals surface area (Å²) in [6.45, 7) is 4.79. The molecule has 1 spiro atoms. The minimum Gasteiger partial charge on any atom is -0.473 e. The molecule has 6 rings (SSSR count). The van der Waals surface area contributed by atoms with Crippen LogP contribution in [0.1, 0.15) is 31.7 Å². The number of anilines is 2. The number of fused-ring (bicyclic) bond motifs is 2. The number of alkyl halides is 2. The molecule has 1 amide bonds. The van der Waals surface area contributed by atoms with Crippen LogP contribution in [-0.4, -0.2) is 59.6 Å². The fraction of sp³-hybridized carbons (Fsp3) is 0.407. The molecule has 1 aliphatic carbocycles. The van der Waals surface area contributed by atoms with Gasteiger partial charge >= 0.3 is 0 Å². The third kappa shape index (κ3) is 4.29. The number of aryl methyl sites for hydroxylation is 1. The van der Waals surface area contributed by atoms with Crippen molar-refractivity contribution < 1.29 is 23.0 Å². The Morgan fingerprint density at radius 1 is 1.27 bits per heavy atom. The van der Waals surface area contributed by atoms with Gasteiger partial charge in [0.15, 0.2) is 0 Å². The highest BCUT2D eigenvalue weighted by molar-refractivity contribution is 6.06. The Morgan fingerprint density at radius 2 is 2.14 bits per heavy atom. The summed E-state index contributed by atoms with van der Waals surface area (Å²) in [5.74, 6) is -2.79. The molecule has 10 heteroatoms. The monoisotopic (exact) mass is 507 g/mol.